The molecule has 104 valence electrons. The third kappa shape index (κ3) is 3.57. The van der Waals surface area contributed by atoms with Gasteiger partial charge in [-0.25, -0.2) is 0 Å². The van der Waals surface area contributed by atoms with E-state index >= 15 is 0 Å². The molecule has 1 aliphatic rings. The van der Waals surface area contributed by atoms with E-state index in [2.05, 4.69) is 5.32 Å². The van der Waals surface area contributed by atoms with Crippen LogP contribution in [0.2, 0.25) is 0 Å². The Kier molecular flexibility index (Phi) is 4.57. The second-order valence-corrected chi connectivity index (χ2v) is 4.49. The molecule has 1 atom stereocenters. The third-order valence-corrected chi connectivity index (χ3v) is 2.92. The first-order chi connectivity index (χ1) is 9.20. The highest BCUT2D eigenvalue weighted by Crippen LogP contribution is 2.30. The van der Waals surface area contributed by atoms with Crippen molar-refractivity contribution in [3.63, 3.8) is 0 Å². The molecule has 0 aromatic heterocycles. The Morgan fingerprint density at radius 1 is 1.58 bits per heavy atom. The van der Waals surface area contributed by atoms with Crippen LogP contribution in [0, 0.1) is 10.1 Å². The van der Waals surface area contributed by atoms with Crippen molar-refractivity contribution in [1.82, 2.24) is 0 Å². The van der Waals surface area contributed by atoms with Crippen molar-refractivity contribution in [2.24, 2.45) is 0 Å². The van der Waals surface area contributed by atoms with Crippen LogP contribution in [0.25, 0.3) is 0 Å². The van der Waals surface area contributed by atoms with E-state index in [1.54, 1.807) is 12.1 Å². The summed E-state index contributed by atoms with van der Waals surface area (Å²) in [5.41, 5.74) is 0.828. The topological polar surface area (TPSA) is 73.6 Å². The molecule has 0 radical (unpaired) electrons. The van der Waals surface area contributed by atoms with Crippen molar-refractivity contribution in [2.75, 3.05) is 25.1 Å². The summed E-state index contributed by atoms with van der Waals surface area (Å²) in [6, 6.07) is 5.13. The van der Waals surface area contributed by atoms with Crippen LogP contribution < -0.4 is 10.1 Å². The number of hydrogen-bond acceptors (Lipinski definition) is 5. The van der Waals surface area contributed by atoms with Crippen molar-refractivity contribution in [3.8, 4) is 5.75 Å². The van der Waals surface area contributed by atoms with Gasteiger partial charge in [-0.05, 0) is 18.9 Å². The minimum Gasteiger partial charge on any atom is -0.487 e. The van der Waals surface area contributed by atoms with Crippen LogP contribution in [0.1, 0.15) is 19.8 Å². The Balaban J connectivity index is 2.13. The summed E-state index contributed by atoms with van der Waals surface area (Å²) in [7, 11) is 0. The van der Waals surface area contributed by atoms with Crippen molar-refractivity contribution in [1.29, 1.82) is 0 Å². The number of benzene rings is 1. The van der Waals surface area contributed by atoms with E-state index in [1.165, 1.54) is 6.07 Å². The number of nitrogens with zero attached hydrogens (tertiary/aromatic N) is 1. The van der Waals surface area contributed by atoms with E-state index < -0.39 is 4.92 Å². The molecule has 1 aromatic carbocycles. The van der Waals surface area contributed by atoms with Gasteiger partial charge in [-0.1, -0.05) is 6.92 Å². The highest BCUT2D eigenvalue weighted by molar-refractivity contribution is 5.58. The first-order valence-corrected chi connectivity index (χ1v) is 6.46. The number of nitro groups is 1. The van der Waals surface area contributed by atoms with Crippen molar-refractivity contribution >= 4 is 11.4 Å². The fourth-order valence-corrected chi connectivity index (χ4v) is 1.97. The summed E-state index contributed by atoms with van der Waals surface area (Å²) in [5.74, 6) is 0.316. The molecule has 2 rings (SSSR count). The van der Waals surface area contributed by atoms with Gasteiger partial charge in [-0.2, -0.15) is 0 Å². The highest BCUT2D eigenvalue weighted by atomic mass is 16.6. The molecule has 1 aliphatic heterocycles. The molecular weight excluding hydrogens is 248 g/mol. The number of hydrogen-bond donors (Lipinski definition) is 1. The molecule has 0 spiro atoms. The van der Waals surface area contributed by atoms with E-state index in [0.717, 1.165) is 25.1 Å². The minimum absolute atomic E-state index is 0.00155. The maximum atomic E-state index is 10.9. The first-order valence-electron chi connectivity index (χ1n) is 6.46. The Labute approximate surface area is 111 Å². The van der Waals surface area contributed by atoms with Crippen LogP contribution in [0.4, 0.5) is 11.4 Å². The lowest BCUT2D eigenvalue weighted by Gasteiger charge is -2.13. The molecule has 1 saturated heterocycles. The monoisotopic (exact) mass is 266 g/mol. The summed E-state index contributed by atoms with van der Waals surface area (Å²) in [4.78, 5) is 10.5. The molecule has 6 nitrogen and oxygen atoms in total. The molecule has 1 aromatic rings. The Morgan fingerprint density at radius 2 is 2.42 bits per heavy atom. The normalized spacial score (nSPS) is 18.3. The lowest BCUT2D eigenvalue weighted by atomic mass is 10.2. The summed E-state index contributed by atoms with van der Waals surface area (Å²) < 4.78 is 10.7. The molecule has 0 aliphatic carbocycles. The standard InChI is InChI=1S/C13H18N2O4/c1-2-6-19-13-8-10(3-4-12(13)15(16)17)14-11-5-7-18-9-11/h3-4,8,11,14H,2,5-7,9H2,1H3. The lowest BCUT2D eigenvalue weighted by molar-refractivity contribution is -0.385. The van der Waals surface area contributed by atoms with Gasteiger partial charge in [0, 0.05) is 24.4 Å². The van der Waals surface area contributed by atoms with Crippen LogP contribution >= 0.6 is 0 Å². The fourth-order valence-electron chi connectivity index (χ4n) is 1.97. The van der Waals surface area contributed by atoms with Crippen LogP contribution in [-0.4, -0.2) is 30.8 Å². The molecule has 1 fully saturated rings. The zero-order valence-corrected chi connectivity index (χ0v) is 10.9. The predicted octanol–water partition coefficient (Wildman–Crippen LogP) is 2.58. The van der Waals surface area contributed by atoms with Crippen LogP contribution in [-0.2, 0) is 4.74 Å². The molecule has 19 heavy (non-hydrogen) atoms. The summed E-state index contributed by atoms with van der Waals surface area (Å²) in [6.45, 7) is 3.85. The van der Waals surface area contributed by atoms with Gasteiger partial charge in [-0.3, -0.25) is 10.1 Å². The van der Waals surface area contributed by atoms with Crippen LogP contribution in [0.15, 0.2) is 18.2 Å². The first kappa shape index (κ1) is 13.6. The Bertz CT molecular complexity index is 444. The fraction of sp³-hybridized carbons (Fsp3) is 0.538. The second kappa shape index (κ2) is 6.38. The van der Waals surface area contributed by atoms with Gasteiger partial charge in [-0.15, -0.1) is 0 Å². The maximum Gasteiger partial charge on any atom is 0.311 e. The van der Waals surface area contributed by atoms with Gasteiger partial charge in [0.25, 0.3) is 0 Å². The molecule has 1 heterocycles. The number of ether oxygens (including phenoxy) is 2. The van der Waals surface area contributed by atoms with E-state index in [9.17, 15) is 10.1 Å². The average molecular weight is 266 g/mol. The Hall–Kier alpha value is -1.82. The van der Waals surface area contributed by atoms with Gasteiger partial charge in [0.2, 0.25) is 0 Å². The lowest BCUT2D eigenvalue weighted by Crippen LogP contribution is -2.18. The number of nitrogens with one attached hydrogen (secondary N) is 1. The van der Waals surface area contributed by atoms with E-state index in [-0.39, 0.29) is 11.7 Å². The SMILES string of the molecule is CCCOc1cc(NC2CCOC2)ccc1[N+](=O)[O-]. The third-order valence-electron chi connectivity index (χ3n) is 2.92. The highest BCUT2D eigenvalue weighted by Gasteiger charge is 2.19. The maximum absolute atomic E-state index is 10.9. The molecule has 0 saturated carbocycles. The smallest absolute Gasteiger partial charge is 0.311 e. The van der Waals surface area contributed by atoms with E-state index in [0.29, 0.717) is 19.0 Å². The van der Waals surface area contributed by atoms with Crippen LogP contribution in [0.5, 0.6) is 5.75 Å². The van der Waals surface area contributed by atoms with Crippen molar-refractivity contribution < 1.29 is 14.4 Å². The van der Waals surface area contributed by atoms with E-state index in [1.807, 2.05) is 6.92 Å². The van der Waals surface area contributed by atoms with Crippen molar-refractivity contribution in [2.45, 2.75) is 25.8 Å². The average Bonchev–Trinajstić information content (AvgIpc) is 2.89. The zero-order chi connectivity index (χ0) is 13.7. The van der Waals surface area contributed by atoms with Gasteiger partial charge >= 0.3 is 5.69 Å². The van der Waals surface area contributed by atoms with Gasteiger partial charge in [0.1, 0.15) is 0 Å². The van der Waals surface area contributed by atoms with Gasteiger partial charge in [0.05, 0.1) is 24.2 Å². The van der Waals surface area contributed by atoms with E-state index in [4.69, 9.17) is 9.47 Å². The molecule has 0 amide bonds. The molecule has 1 unspecified atom stereocenters. The number of anilines is 1. The quantitative estimate of drug-likeness (QED) is 0.632. The zero-order valence-electron chi connectivity index (χ0n) is 10.9. The minimum atomic E-state index is -0.423. The van der Waals surface area contributed by atoms with Crippen LogP contribution in [0.3, 0.4) is 0 Å². The Morgan fingerprint density at radius 3 is 3.05 bits per heavy atom. The molecule has 6 heteroatoms. The number of nitro benzene ring substituents is 1. The molecular formula is C13H18N2O4. The largest absolute Gasteiger partial charge is 0.487 e. The predicted molar refractivity (Wildman–Crippen MR) is 71.7 cm³/mol. The van der Waals surface area contributed by atoms with Crippen molar-refractivity contribution in [3.05, 3.63) is 28.3 Å². The summed E-state index contributed by atoms with van der Waals surface area (Å²) in [5, 5.41) is 14.2. The summed E-state index contributed by atoms with van der Waals surface area (Å²) >= 11 is 0. The second-order valence-electron chi connectivity index (χ2n) is 4.49. The number of rotatable bonds is 6. The summed E-state index contributed by atoms with van der Waals surface area (Å²) in [6.07, 6.45) is 1.76. The van der Waals surface area contributed by atoms with Gasteiger partial charge in [0.15, 0.2) is 5.75 Å². The van der Waals surface area contributed by atoms with Gasteiger partial charge < -0.3 is 14.8 Å². The molecule has 1 N–H and O–H groups in total. The molecule has 0 bridgehead atoms.